The lowest BCUT2D eigenvalue weighted by Gasteiger charge is -2.31. The maximum absolute atomic E-state index is 12.0. The summed E-state index contributed by atoms with van der Waals surface area (Å²) in [5.74, 6) is -0.263. The van der Waals surface area contributed by atoms with Crippen molar-refractivity contribution >= 4 is 11.8 Å². The number of nitrogens with two attached hydrogens (primary N) is 2. The standard InChI is InChI=1S/C19H30N4O2/c1-13(2)17(20)19(25)22-10-14-5-3-6-15(9-14)11-23-8-4-7-16(12-23)18(21)24/h3,5-6,9,13,16-17H,4,7-8,10-12,20H2,1-2H3,(H2,21,24)(H,22,25)/t16?,17-/m0/s1. The first-order valence-electron chi connectivity index (χ1n) is 8.99. The predicted molar refractivity (Wildman–Crippen MR) is 98.3 cm³/mol. The highest BCUT2D eigenvalue weighted by molar-refractivity contribution is 5.81. The molecule has 0 aromatic heterocycles. The monoisotopic (exact) mass is 346 g/mol. The van der Waals surface area contributed by atoms with Crippen molar-refractivity contribution in [3.63, 3.8) is 0 Å². The number of piperidine rings is 1. The molecular weight excluding hydrogens is 316 g/mol. The highest BCUT2D eigenvalue weighted by Crippen LogP contribution is 2.18. The van der Waals surface area contributed by atoms with Gasteiger partial charge in [0.2, 0.25) is 11.8 Å². The van der Waals surface area contributed by atoms with Crippen LogP contribution in [0, 0.1) is 11.8 Å². The van der Waals surface area contributed by atoms with Crippen LogP contribution in [0.25, 0.3) is 0 Å². The molecule has 1 aromatic rings. The first kappa shape index (κ1) is 19.4. The summed E-state index contributed by atoms with van der Waals surface area (Å²) in [6, 6.07) is 7.66. The molecule has 0 saturated carbocycles. The van der Waals surface area contributed by atoms with Gasteiger partial charge in [0.25, 0.3) is 0 Å². The Morgan fingerprint density at radius 3 is 2.72 bits per heavy atom. The van der Waals surface area contributed by atoms with Gasteiger partial charge in [-0.05, 0) is 36.4 Å². The van der Waals surface area contributed by atoms with E-state index in [0.29, 0.717) is 6.54 Å². The lowest BCUT2D eigenvalue weighted by Crippen LogP contribution is -2.43. The van der Waals surface area contributed by atoms with Crippen LogP contribution in [0.3, 0.4) is 0 Å². The quantitative estimate of drug-likeness (QED) is 0.685. The third kappa shape index (κ3) is 5.83. The molecule has 2 rings (SSSR count). The number of carbonyl (C=O) groups excluding carboxylic acids is 2. The van der Waals surface area contributed by atoms with Gasteiger partial charge in [-0.2, -0.15) is 0 Å². The number of benzene rings is 1. The molecule has 2 amide bonds. The zero-order valence-corrected chi connectivity index (χ0v) is 15.2. The normalized spacial score (nSPS) is 19.6. The van der Waals surface area contributed by atoms with Gasteiger partial charge < -0.3 is 16.8 Å². The molecule has 0 aliphatic carbocycles. The van der Waals surface area contributed by atoms with E-state index in [2.05, 4.69) is 22.3 Å². The predicted octanol–water partition coefficient (Wildman–Crippen LogP) is 0.983. The fraction of sp³-hybridized carbons (Fsp3) is 0.579. The summed E-state index contributed by atoms with van der Waals surface area (Å²) in [5.41, 5.74) is 13.5. The van der Waals surface area contributed by atoms with Crippen LogP contribution >= 0.6 is 0 Å². The van der Waals surface area contributed by atoms with Gasteiger partial charge in [0.05, 0.1) is 12.0 Å². The van der Waals surface area contributed by atoms with E-state index in [-0.39, 0.29) is 23.7 Å². The number of hydrogen-bond donors (Lipinski definition) is 3. The molecule has 1 saturated heterocycles. The lowest BCUT2D eigenvalue weighted by molar-refractivity contribution is -0.124. The molecule has 138 valence electrons. The summed E-state index contributed by atoms with van der Waals surface area (Å²) in [4.78, 5) is 25.6. The Morgan fingerprint density at radius 1 is 1.32 bits per heavy atom. The van der Waals surface area contributed by atoms with Crippen LogP contribution in [0.4, 0.5) is 0 Å². The molecular formula is C19H30N4O2. The smallest absolute Gasteiger partial charge is 0.237 e. The molecule has 1 heterocycles. The number of amides is 2. The van der Waals surface area contributed by atoms with Gasteiger partial charge in [0, 0.05) is 19.6 Å². The van der Waals surface area contributed by atoms with Gasteiger partial charge in [-0.1, -0.05) is 38.1 Å². The van der Waals surface area contributed by atoms with E-state index >= 15 is 0 Å². The van der Waals surface area contributed by atoms with Crippen LogP contribution in [-0.4, -0.2) is 35.8 Å². The van der Waals surface area contributed by atoms with Gasteiger partial charge in [-0.3, -0.25) is 14.5 Å². The molecule has 0 spiro atoms. The Bertz CT molecular complexity index is 603. The summed E-state index contributed by atoms with van der Waals surface area (Å²) in [5, 5.41) is 2.89. The van der Waals surface area contributed by atoms with E-state index in [0.717, 1.165) is 38.0 Å². The number of carbonyl (C=O) groups is 2. The lowest BCUT2D eigenvalue weighted by atomic mass is 9.97. The molecule has 5 N–H and O–H groups in total. The summed E-state index contributed by atoms with van der Waals surface area (Å²) in [6.45, 7) is 6.83. The van der Waals surface area contributed by atoms with Crippen molar-refractivity contribution in [1.82, 2.24) is 10.2 Å². The van der Waals surface area contributed by atoms with Gasteiger partial charge in [0.1, 0.15) is 0 Å². The molecule has 0 bridgehead atoms. The summed E-state index contributed by atoms with van der Waals surface area (Å²) in [7, 11) is 0. The number of nitrogens with zero attached hydrogens (tertiary/aromatic N) is 1. The highest BCUT2D eigenvalue weighted by atomic mass is 16.2. The zero-order chi connectivity index (χ0) is 18.4. The van der Waals surface area contributed by atoms with Crippen molar-refractivity contribution in [2.24, 2.45) is 23.3 Å². The summed E-state index contributed by atoms with van der Waals surface area (Å²) in [6.07, 6.45) is 1.88. The average Bonchev–Trinajstić information content (AvgIpc) is 2.59. The van der Waals surface area contributed by atoms with E-state index in [4.69, 9.17) is 11.5 Å². The Morgan fingerprint density at radius 2 is 2.04 bits per heavy atom. The highest BCUT2D eigenvalue weighted by Gasteiger charge is 2.23. The fourth-order valence-electron chi connectivity index (χ4n) is 3.14. The molecule has 25 heavy (non-hydrogen) atoms. The van der Waals surface area contributed by atoms with Crippen molar-refractivity contribution in [1.29, 1.82) is 0 Å². The second-order valence-corrected chi connectivity index (χ2v) is 7.28. The molecule has 2 atom stereocenters. The first-order chi connectivity index (χ1) is 11.9. The number of nitrogens with one attached hydrogen (secondary N) is 1. The van der Waals surface area contributed by atoms with Crippen LogP contribution in [-0.2, 0) is 22.7 Å². The van der Waals surface area contributed by atoms with Crippen molar-refractivity contribution in [3.05, 3.63) is 35.4 Å². The van der Waals surface area contributed by atoms with Crippen LogP contribution in [0.15, 0.2) is 24.3 Å². The van der Waals surface area contributed by atoms with Gasteiger partial charge >= 0.3 is 0 Å². The van der Waals surface area contributed by atoms with Crippen molar-refractivity contribution in [2.45, 2.75) is 45.8 Å². The maximum Gasteiger partial charge on any atom is 0.237 e. The van der Waals surface area contributed by atoms with Gasteiger partial charge in [0.15, 0.2) is 0 Å². The Hall–Kier alpha value is -1.92. The minimum Gasteiger partial charge on any atom is -0.369 e. The summed E-state index contributed by atoms with van der Waals surface area (Å²) >= 11 is 0. The SMILES string of the molecule is CC(C)[C@H](N)C(=O)NCc1cccc(CN2CCCC(C(N)=O)C2)c1. The average molecular weight is 346 g/mol. The van der Waals surface area contributed by atoms with E-state index in [1.165, 1.54) is 5.56 Å². The number of hydrogen-bond acceptors (Lipinski definition) is 4. The molecule has 6 heteroatoms. The van der Waals surface area contributed by atoms with Gasteiger partial charge in [-0.25, -0.2) is 0 Å². The molecule has 1 aliphatic rings. The third-order valence-corrected chi connectivity index (χ3v) is 4.79. The van der Waals surface area contributed by atoms with Crippen molar-refractivity contribution in [2.75, 3.05) is 13.1 Å². The van der Waals surface area contributed by atoms with E-state index in [1.807, 2.05) is 26.0 Å². The van der Waals surface area contributed by atoms with Crippen LogP contribution in [0.5, 0.6) is 0 Å². The number of rotatable bonds is 7. The maximum atomic E-state index is 12.0. The summed E-state index contributed by atoms with van der Waals surface area (Å²) < 4.78 is 0. The molecule has 1 aliphatic heterocycles. The van der Waals surface area contributed by atoms with Crippen LogP contribution in [0.1, 0.15) is 37.8 Å². The minimum absolute atomic E-state index is 0.0475. The number of primary amides is 1. The second kappa shape index (κ2) is 8.97. The molecule has 6 nitrogen and oxygen atoms in total. The molecule has 1 fully saturated rings. The van der Waals surface area contributed by atoms with Crippen molar-refractivity contribution in [3.8, 4) is 0 Å². The Balaban J connectivity index is 1.90. The molecule has 1 aromatic carbocycles. The van der Waals surface area contributed by atoms with Crippen LogP contribution < -0.4 is 16.8 Å². The minimum atomic E-state index is -0.484. The first-order valence-corrected chi connectivity index (χ1v) is 8.99. The zero-order valence-electron chi connectivity index (χ0n) is 15.2. The second-order valence-electron chi connectivity index (χ2n) is 7.28. The van der Waals surface area contributed by atoms with Gasteiger partial charge in [-0.15, -0.1) is 0 Å². The fourth-order valence-corrected chi connectivity index (χ4v) is 3.14. The van der Waals surface area contributed by atoms with E-state index in [9.17, 15) is 9.59 Å². The molecule has 1 unspecified atom stereocenters. The number of likely N-dealkylation sites (tertiary alicyclic amines) is 1. The topological polar surface area (TPSA) is 101 Å². The van der Waals surface area contributed by atoms with E-state index < -0.39 is 6.04 Å². The van der Waals surface area contributed by atoms with Crippen molar-refractivity contribution < 1.29 is 9.59 Å². The van der Waals surface area contributed by atoms with Crippen LogP contribution in [0.2, 0.25) is 0 Å². The third-order valence-electron chi connectivity index (χ3n) is 4.79. The molecule has 0 radical (unpaired) electrons. The largest absolute Gasteiger partial charge is 0.369 e. The Kier molecular flexibility index (Phi) is 6.96. The van der Waals surface area contributed by atoms with E-state index in [1.54, 1.807) is 0 Å². The Labute approximate surface area is 149 Å².